The van der Waals surface area contributed by atoms with Crippen LogP contribution in [0.25, 0.3) is 0 Å². The fraction of sp³-hybridized carbons (Fsp3) is 0.421. The summed E-state index contributed by atoms with van der Waals surface area (Å²) >= 11 is 0. The standard InChI is InChI=1S/C19H23NO3/c1-14(16-8-9-16)20(12-15-6-4-3-5-7-15)13-17-10-11-18(23-17)19(21)22-2/h3-7,10-11,14,16H,8-9,12-13H2,1-2H3. The van der Waals surface area contributed by atoms with Gasteiger partial charge in [-0.2, -0.15) is 0 Å². The minimum Gasteiger partial charge on any atom is -0.463 e. The molecule has 122 valence electrons. The number of benzene rings is 1. The molecule has 1 atom stereocenters. The summed E-state index contributed by atoms with van der Waals surface area (Å²) in [5, 5.41) is 0. The number of ether oxygens (including phenoxy) is 1. The van der Waals surface area contributed by atoms with Crippen molar-refractivity contribution in [2.75, 3.05) is 7.11 Å². The first-order chi connectivity index (χ1) is 11.2. The van der Waals surface area contributed by atoms with E-state index in [1.807, 2.05) is 12.1 Å². The first-order valence-corrected chi connectivity index (χ1v) is 8.12. The summed E-state index contributed by atoms with van der Waals surface area (Å²) in [4.78, 5) is 13.9. The molecule has 0 N–H and O–H groups in total. The second-order valence-electron chi connectivity index (χ2n) is 6.23. The summed E-state index contributed by atoms with van der Waals surface area (Å²) in [7, 11) is 1.36. The topological polar surface area (TPSA) is 42.7 Å². The maximum atomic E-state index is 11.5. The first-order valence-electron chi connectivity index (χ1n) is 8.12. The third kappa shape index (κ3) is 4.02. The molecule has 23 heavy (non-hydrogen) atoms. The molecule has 1 aliphatic carbocycles. The predicted molar refractivity (Wildman–Crippen MR) is 87.9 cm³/mol. The van der Waals surface area contributed by atoms with Crippen molar-refractivity contribution >= 4 is 5.97 Å². The van der Waals surface area contributed by atoms with E-state index in [0.717, 1.165) is 18.2 Å². The van der Waals surface area contributed by atoms with E-state index in [9.17, 15) is 4.79 Å². The van der Waals surface area contributed by atoms with Crippen LogP contribution in [0.2, 0.25) is 0 Å². The zero-order valence-corrected chi connectivity index (χ0v) is 13.7. The lowest BCUT2D eigenvalue weighted by Crippen LogP contribution is -2.33. The Morgan fingerprint density at radius 2 is 1.96 bits per heavy atom. The van der Waals surface area contributed by atoms with Crippen LogP contribution >= 0.6 is 0 Å². The highest BCUT2D eigenvalue weighted by atomic mass is 16.5. The number of hydrogen-bond donors (Lipinski definition) is 0. The van der Waals surface area contributed by atoms with E-state index in [0.29, 0.717) is 12.6 Å². The molecule has 1 unspecified atom stereocenters. The Morgan fingerprint density at radius 1 is 1.22 bits per heavy atom. The molecule has 0 radical (unpaired) electrons. The predicted octanol–water partition coefficient (Wildman–Crippen LogP) is 3.87. The average molecular weight is 313 g/mol. The van der Waals surface area contributed by atoms with E-state index >= 15 is 0 Å². The van der Waals surface area contributed by atoms with Gasteiger partial charge in [-0.15, -0.1) is 0 Å². The summed E-state index contributed by atoms with van der Waals surface area (Å²) in [5.74, 6) is 1.41. The Bertz CT molecular complexity index is 646. The summed E-state index contributed by atoms with van der Waals surface area (Å²) in [6, 6.07) is 14.5. The third-order valence-electron chi connectivity index (χ3n) is 4.52. The molecule has 0 bridgehead atoms. The second kappa shape index (κ2) is 7.01. The highest BCUT2D eigenvalue weighted by Crippen LogP contribution is 2.36. The van der Waals surface area contributed by atoms with Gasteiger partial charge >= 0.3 is 5.97 Å². The molecular weight excluding hydrogens is 290 g/mol. The average Bonchev–Trinajstić information content (AvgIpc) is 3.33. The van der Waals surface area contributed by atoms with Gasteiger partial charge in [0.25, 0.3) is 0 Å². The van der Waals surface area contributed by atoms with Crippen molar-refractivity contribution in [3.05, 3.63) is 59.5 Å². The van der Waals surface area contributed by atoms with Gasteiger partial charge < -0.3 is 9.15 Å². The molecule has 3 rings (SSSR count). The van der Waals surface area contributed by atoms with Gasteiger partial charge in [-0.25, -0.2) is 4.79 Å². The van der Waals surface area contributed by atoms with E-state index in [1.165, 1.54) is 25.5 Å². The lowest BCUT2D eigenvalue weighted by molar-refractivity contribution is 0.0559. The number of methoxy groups -OCH3 is 1. The number of rotatable bonds is 7. The van der Waals surface area contributed by atoms with Crippen molar-refractivity contribution in [2.24, 2.45) is 5.92 Å². The number of hydrogen-bond acceptors (Lipinski definition) is 4. The molecule has 1 aromatic heterocycles. The molecule has 0 spiro atoms. The van der Waals surface area contributed by atoms with Crippen molar-refractivity contribution in [1.82, 2.24) is 4.90 Å². The molecule has 1 fully saturated rings. The molecular formula is C19H23NO3. The van der Waals surface area contributed by atoms with Crippen LogP contribution in [-0.2, 0) is 17.8 Å². The SMILES string of the molecule is COC(=O)c1ccc(CN(Cc2ccccc2)C(C)C2CC2)o1. The van der Waals surface area contributed by atoms with Gasteiger partial charge in [0.15, 0.2) is 0 Å². The normalized spacial score (nSPS) is 15.6. The van der Waals surface area contributed by atoms with E-state index in [4.69, 9.17) is 9.15 Å². The van der Waals surface area contributed by atoms with Gasteiger partial charge in [0.2, 0.25) is 5.76 Å². The summed E-state index contributed by atoms with van der Waals surface area (Å²) in [6.07, 6.45) is 2.61. The molecule has 2 aromatic rings. The molecule has 1 aliphatic rings. The Balaban J connectivity index is 1.72. The van der Waals surface area contributed by atoms with Gasteiger partial charge in [0.1, 0.15) is 5.76 Å². The lowest BCUT2D eigenvalue weighted by Gasteiger charge is -2.28. The van der Waals surface area contributed by atoms with E-state index in [2.05, 4.69) is 36.1 Å². The lowest BCUT2D eigenvalue weighted by atomic mass is 10.1. The fourth-order valence-corrected chi connectivity index (χ4v) is 2.91. The van der Waals surface area contributed by atoms with Gasteiger partial charge in [0.05, 0.1) is 13.7 Å². The van der Waals surface area contributed by atoms with Gasteiger partial charge in [-0.05, 0) is 43.4 Å². The van der Waals surface area contributed by atoms with Gasteiger partial charge in [-0.3, -0.25) is 4.90 Å². The van der Waals surface area contributed by atoms with E-state index in [1.54, 1.807) is 6.07 Å². The molecule has 1 heterocycles. The maximum absolute atomic E-state index is 11.5. The van der Waals surface area contributed by atoms with Crippen molar-refractivity contribution in [1.29, 1.82) is 0 Å². The molecule has 0 saturated heterocycles. The first kappa shape index (κ1) is 15.8. The van der Waals surface area contributed by atoms with Crippen molar-refractivity contribution < 1.29 is 13.9 Å². The Hall–Kier alpha value is -2.07. The second-order valence-corrected chi connectivity index (χ2v) is 6.23. The highest BCUT2D eigenvalue weighted by Gasteiger charge is 2.32. The van der Waals surface area contributed by atoms with Crippen LogP contribution in [0.15, 0.2) is 46.9 Å². The van der Waals surface area contributed by atoms with Crippen LogP contribution in [0.4, 0.5) is 0 Å². The van der Waals surface area contributed by atoms with Crippen LogP contribution in [0.3, 0.4) is 0 Å². The highest BCUT2D eigenvalue weighted by molar-refractivity contribution is 5.86. The summed E-state index contributed by atoms with van der Waals surface area (Å²) < 4.78 is 10.3. The number of furan rings is 1. The van der Waals surface area contributed by atoms with Crippen LogP contribution in [-0.4, -0.2) is 24.0 Å². The molecule has 1 aromatic carbocycles. The van der Waals surface area contributed by atoms with E-state index < -0.39 is 5.97 Å². The Kier molecular flexibility index (Phi) is 4.82. The van der Waals surface area contributed by atoms with Crippen LogP contribution in [0, 0.1) is 5.92 Å². The molecule has 4 nitrogen and oxygen atoms in total. The van der Waals surface area contributed by atoms with Crippen molar-refractivity contribution in [2.45, 2.75) is 38.9 Å². The molecule has 1 saturated carbocycles. The van der Waals surface area contributed by atoms with Crippen molar-refractivity contribution in [3.8, 4) is 0 Å². The zero-order chi connectivity index (χ0) is 16.2. The minimum atomic E-state index is -0.430. The molecule has 4 heteroatoms. The van der Waals surface area contributed by atoms with Gasteiger partial charge in [-0.1, -0.05) is 30.3 Å². The number of nitrogens with zero attached hydrogens (tertiary/aromatic N) is 1. The molecule has 0 amide bonds. The Morgan fingerprint density at radius 3 is 2.61 bits per heavy atom. The third-order valence-corrected chi connectivity index (χ3v) is 4.52. The number of esters is 1. The largest absolute Gasteiger partial charge is 0.463 e. The monoisotopic (exact) mass is 313 g/mol. The van der Waals surface area contributed by atoms with Crippen LogP contribution in [0.1, 0.15) is 41.6 Å². The number of carbonyl (C=O) groups excluding carboxylic acids is 1. The minimum absolute atomic E-state index is 0.265. The fourth-order valence-electron chi connectivity index (χ4n) is 2.91. The quantitative estimate of drug-likeness (QED) is 0.728. The van der Waals surface area contributed by atoms with E-state index in [-0.39, 0.29) is 5.76 Å². The maximum Gasteiger partial charge on any atom is 0.373 e. The van der Waals surface area contributed by atoms with Crippen LogP contribution in [0.5, 0.6) is 0 Å². The zero-order valence-electron chi connectivity index (χ0n) is 13.7. The van der Waals surface area contributed by atoms with Crippen molar-refractivity contribution in [3.63, 3.8) is 0 Å². The summed E-state index contributed by atoms with van der Waals surface area (Å²) in [5.41, 5.74) is 1.29. The number of carbonyl (C=O) groups is 1. The summed E-state index contributed by atoms with van der Waals surface area (Å²) in [6.45, 7) is 3.86. The smallest absolute Gasteiger partial charge is 0.373 e. The van der Waals surface area contributed by atoms with Gasteiger partial charge in [0, 0.05) is 12.6 Å². The Labute approximate surface area is 137 Å². The molecule has 0 aliphatic heterocycles. The van der Waals surface area contributed by atoms with Crippen LogP contribution < -0.4 is 0 Å².